The van der Waals surface area contributed by atoms with Gasteiger partial charge in [-0.25, -0.2) is 4.79 Å². The van der Waals surface area contributed by atoms with Crippen LogP contribution in [0.4, 0.5) is 0 Å². The van der Waals surface area contributed by atoms with Crippen molar-refractivity contribution in [3.05, 3.63) is 40.2 Å². The molecule has 0 radical (unpaired) electrons. The first-order valence-electron chi connectivity index (χ1n) is 8.13. The number of hydrogen-bond acceptors (Lipinski definition) is 7. The number of fused-ring (bicyclic) bond motifs is 1. The molecule has 1 N–H and O–H groups in total. The molecule has 26 heavy (non-hydrogen) atoms. The summed E-state index contributed by atoms with van der Waals surface area (Å²) in [5, 5.41) is 14.2. The largest absolute Gasteiger partial charge is 0.548 e. The third kappa shape index (κ3) is 5.26. The fourth-order valence-corrected chi connectivity index (χ4v) is 2.93. The summed E-state index contributed by atoms with van der Waals surface area (Å²) in [5.41, 5.74) is 0.792. The van der Waals surface area contributed by atoms with Crippen LogP contribution < -0.4 is 20.8 Å². The predicted molar refractivity (Wildman–Crippen MR) is 97.3 cm³/mol. The minimum Gasteiger partial charge on any atom is -0.548 e. The number of carbonyl (C=O) groups excluding carboxylic acids is 2. The average molecular weight is 378 g/mol. The maximum Gasteiger partial charge on any atom is 0.336 e. The molecule has 0 saturated carbocycles. The molecular formula is C18H20NO6S-. The van der Waals surface area contributed by atoms with E-state index >= 15 is 0 Å². The first-order chi connectivity index (χ1) is 12.4. The number of ether oxygens (including phenoxy) is 1. The molecule has 2 rings (SSSR count). The Balaban J connectivity index is 2.03. The van der Waals surface area contributed by atoms with Crippen molar-refractivity contribution in [1.82, 2.24) is 5.32 Å². The molecule has 0 aliphatic carbocycles. The second kappa shape index (κ2) is 9.28. The van der Waals surface area contributed by atoms with Crippen LogP contribution in [0.15, 0.2) is 33.5 Å². The van der Waals surface area contributed by atoms with Crippen molar-refractivity contribution in [3.63, 3.8) is 0 Å². The zero-order chi connectivity index (χ0) is 19.1. The number of rotatable bonds is 9. The number of benzene rings is 1. The van der Waals surface area contributed by atoms with Gasteiger partial charge in [0.05, 0.1) is 12.0 Å². The molecule has 140 valence electrons. The molecule has 0 spiro atoms. The molecule has 0 bridgehead atoms. The highest BCUT2D eigenvalue weighted by atomic mass is 32.2. The van der Waals surface area contributed by atoms with Crippen LogP contribution in [-0.2, 0) is 16.0 Å². The van der Waals surface area contributed by atoms with E-state index < -0.39 is 23.5 Å². The fourth-order valence-electron chi connectivity index (χ4n) is 2.46. The lowest BCUT2D eigenvalue weighted by molar-refractivity contribution is -0.308. The molecule has 0 aliphatic heterocycles. The van der Waals surface area contributed by atoms with Gasteiger partial charge < -0.3 is 24.4 Å². The zero-order valence-corrected chi connectivity index (χ0v) is 15.4. The molecular weight excluding hydrogens is 358 g/mol. The standard InChI is InChI=1S/C18H21NO6S/c1-3-11-8-17(21)25-15-9-12(4-5-13(11)15)24-10-16(20)19-14(18(22)23)6-7-26-2/h4-5,8-9,14H,3,6-7,10H2,1-2H3,(H,19,20)(H,22,23)/p-1/t14-/m0/s1. The summed E-state index contributed by atoms with van der Waals surface area (Å²) in [5.74, 6) is -0.960. The predicted octanol–water partition coefficient (Wildman–Crippen LogP) is 0.722. The second-order valence-electron chi connectivity index (χ2n) is 5.61. The summed E-state index contributed by atoms with van der Waals surface area (Å²) in [6.07, 6.45) is 2.81. The van der Waals surface area contributed by atoms with E-state index in [4.69, 9.17) is 9.15 Å². The van der Waals surface area contributed by atoms with Gasteiger partial charge in [0.1, 0.15) is 11.3 Å². The van der Waals surface area contributed by atoms with E-state index in [1.165, 1.54) is 23.9 Å². The highest BCUT2D eigenvalue weighted by molar-refractivity contribution is 7.98. The van der Waals surface area contributed by atoms with Crippen molar-refractivity contribution in [2.75, 3.05) is 18.6 Å². The first-order valence-corrected chi connectivity index (χ1v) is 9.52. The molecule has 1 aromatic carbocycles. The molecule has 7 nitrogen and oxygen atoms in total. The van der Waals surface area contributed by atoms with Gasteiger partial charge in [-0.15, -0.1) is 0 Å². The van der Waals surface area contributed by atoms with Gasteiger partial charge >= 0.3 is 5.63 Å². The van der Waals surface area contributed by atoms with Crippen molar-refractivity contribution >= 4 is 34.6 Å². The molecule has 8 heteroatoms. The van der Waals surface area contributed by atoms with Crippen LogP contribution in [-0.4, -0.2) is 36.5 Å². The van der Waals surface area contributed by atoms with Crippen LogP contribution >= 0.6 is 11.8 Å². The summed E-state index contributed by atoms with van der Waals surface area (Å²) in [6, 6.07) is 5.35. The topological polar surface area (TPSA) is 109 Å². The lowest BCUT2D eigenvalue weighted by atomic mass is 10.1. The van der Waals surface area contributed by atoms with Crippen LogP contribution in [0.3, 0.4) is 0 Å². The molecule has 1 amide bonds. The number of nitrogens with one attached hydrogen (secondary N) is 1. The number of carboxylic acid groups (broad SMARTS) is 1. The average Bonchev–Trinajstić information content (AvgIpc) is 2.62. The van der Waals surface area contributed by atoms with Crippen LogP contribution in [0.2, 0.25) is 0 Å². The molecule has 2 aromatic rings. The fraction of sp³-hybridized carbons (Fsp3) is 0.389. The summed E-state index contributed by atoms with van der Waals surface area (Å²) in [7, 11) is 0. The van der Waals surface area contributed by atoms with Gasteiger partial charge in [-0.1, -0.05) is 6.92 Å². The number of hydrogen-bond donors (Lipinski definition) is 1. The van der Waals surface area contributed by atoms with E-state index in [1.54, 1.807) is 12.1 Å². The summed E-state index contributed by atoms with van der Waals surface area (Å²) >= 11 is 1.48. The van der Waals surface area contributed by atoms with E-state index in [0.29, 0.717) is 23.5 Å². The minimum absolute atomic E-state index is 0.274. The number of thioether (sulfide) groups is 1. The van der Waals surface area contributed by atoms with Crippen LogP contribution in [0.25, 0.3) is 11.0 Å². The number of aryl methyl sites for hydroxylation is 1. The van der Waals surface area contributed by atoms with Gasteiger partial charge in [0.25, 0.3) is 5.91 Å². The van der Waals surface area contributed by atoms with E-state index in [2.05, 4.69) is 5.32 Å². The van der Waals surface area contributed by atoms with Crippen molar-refractivity contribution in [2.24, 2.45) is 0 Å². The van der Waals surface area contributed by atoms with Crippen molar-refractivity contribution < 1.29 is 23.8 Å². The van der Waals surface area contributed by atoms with Crippen molar-refractivity contribution in [3.8, 4) is 5.75 Å². The van der Waals surface area contributed by atoms with Gasteiger partial charge in [-0.3, -0.25) is 4.79 Å². The van der Waals surface area contributed by atoms with Gasteiger partial charge in [-0.05, 0) is 42.5 Å². The molecule has 0 aliphatic rings. The number of carbonyl (C=O) groups is 2. The molecule has 0 saturated heterocycles. The number of carboxylic acids is 1. The Kier molecular flexibility index (Phi) is 7.08. The number of amides is 1. The number of aliphatic carboxylic acids is 1. The SMILES string of the molecule is CCc1cc(=O)oc2cc(OCC(=O)N[C@@H](CCSC)C(=O)[O-])ccc12. The van der Waals surface area contributed by atoms with E-state index in [9.17, 15) is 19.5 Å². The van der Waals surface area contributed by atoms with Crippen LogP contribution in [0.5, 0.6) is 5.75 Å². The van der Waals surface area contributed by atoms with E-state index in [0.717, 1.165) is 10.9 Å². The summed E-state index contributed by atoms with van der Waals surface area (Å²) in [4.78, 5) is 34.5. The third-order valence-electron chi connectivity index (χ3n) is 3.78. The Morgan fingerprint density at radius 3 is 2.77 bits per heavy atom. The minimum atomic E-state index is -1.33. The quantitative estimate of drug-likeness (QED) is 0.641. The Hall–Kier alpha value is -2.48. The maximum absolute atomic E-state index is 11.9. The van der Waals surface area contributed by atoms with Gasteiger partial charge in [0.2, 0.25) is 0 Å². The lowest BCUT2D eigenvalue weighted by Gasteiger charge is -2.19. The van der Waals surface area contributed by atoms with Gasteiger partial charge in [-0.2, -0.15) is 11.8 Å². The molecule has 0 fully saturated rings. The Morgan fingerprint density at radius 2 is 2.12 bits per heavy atom. The maximum atomic E-state index is 11.9. The highest BCUT2D eigenvalue weighted by Gasteiger charge is 2.14. The van der Waals surface area contributed by atoms with Crippen molar-refractivity contribution in [1.29, 1.82) is 0 Å². The molecule has 1 heterocycles. The third-order valence-corrected chi connectivity index (χ3v) is 4.43. The highest BCUT2D eigenvalue weighted by Crippen LogP contribution is 2.23. The Labute approximate surface area is 154 Å². The molecule has 1 atom stereocenters. The second-order valence-corrected chi connectivity index (χ2v) is 6.60. The van der Waals surface area contributed by atoms with E-state index in [-0.39, 0.29) is 13.0 Å². The normalized spacial score (nSPS) is 11.9. The van der Waals surface area contributed by atoms with Crippen LogP contribution in [0.1, 0.15) is 18.9 Å². The zero-order valence-electron chi connectivity index (χ0n) is 14.6. The summed E-state index contributed by atoms with van der Waals surface area (Å²) < 4.78 is 10.5. The van der Waals surface area contributed by atoms with Gasteiger partial charge in [0, 0.05) is 17.5 Å². The Bertz CT molecular complexity index is 847. The van der Waals surface area contributed by atoms with Crippen molar-refractivity contribution in [2.45, 2.75) is 25.8 Å². The monoisotopic (exact) mass is 378 g/mol. The lowest BCUT2D eigenvalue weighted by Crippen LogP contribution is -2.49. The first kappa shape index (κ1) is 19.8. The molecule has 0 unspecified atom stereocenters. The van der Waals surface area contributed by atoms with E-state index in [1.807, 2.05) is 13.2 Å². The van der Waals surface area contributed by atoms with Gasteiger partial charge in [0.15, 0.2) is 6.61 Å². The Morgan fingerprint density at radius 1 is 1.35 bits per heavy atom. The smallest absolute Gasteiger partial charge is 0.336 e. The summed E-state index contributed by atoms with van der Waals surface area (Å²) in [6.45, 7) is 1.58. The van der Waals surface area contributed by atoms with Crippen LogP contribution in [0, 0.1) is 0 Å². The molecule has 1 aromatic heterocycles.